The summed E-state index contributed by atoms with van der Waals surface area (Å²) in [6, 6.07) is 3.68. The fraction of sp³-hybridized carbons (Fsp3) is 0.467. The molecule has 0 unspecified atom stereocenters. The Morgan fingerprint density at radius 3 is 2.68 bits per heavy atom. The van der Waals surface area contributed by atoms with Gasteiger partial charge < -0.3 is 9.84 Å². The monoisotopic (exact) mass is 263 g/mol. The average Bonchev–Trinajstić information content (AvgIpc) is 2.27. The van der Waals surface area contributed by atoms with E-state index in [9.17, 15) is 4.79 Å². The molecule has 4 nitrogen and oxygen atoms in total. The van der Waals surface area contributed by atoms with E-state index in [2.05, 4.69) is 25.8 Å². The Bertz CT molecular complexity index is 473. The summed E-state index contributed by atoms with van der Waals surface area (Å²) in [7, 11) is 0. The van der Waals surface area contributed by atoms with E-state index < -0.39 is 5.97 Å². The van der Waals surface area contributed by atoms with E-state index in [1.54, 1.807) is 0 Å². The second-order valence-electron chi connectivity index (χ2n) is 5.67. The number of nitrogens with zero attached hydrogens (tertiary/aromatic N) is 1. The summed E-state index contributed by atoms with van der Waals surface area (Å²) in [5.41, 5.74) is 1.58. The topological polar surface area (TPSA) is 59.4 Å². The van der Waals surface area contributed by atoms with Crippen molar-refractivity contribution in [2.24, 2.45) is 5.41 Å². The van der Waals surface area contributed by atoms with Crippen molar-refractivity contribution >= 4 is 12.0 Å². The van der Waals surface area contributed by atoms with Gasteiger partial charge in [-0.05, 0) is 37.0 Å². The Labute approximate surface area is 114 Å². The van der Waals surface area contributed by atoms with Gasteiger partial charge in [-0.3, -0.25) is 0 Å². The zero-order valence-corrected chi connectivity index (χ0v) is 11.9. The molecule has 104 valence electrons. The lowest BCUT2D eigenvalue weighted by atomic mass is 9.93. The summed E-state index contributed by atoms with van der Waals surface area (Å²) in [6.07, 6.45) is 3.45. The van der Waals surface area contributed by atoms with Crippen molar-refractivity contribution in [1.29, 1.82) is 0 Å². The molecule has 1 aromatic rings. The highest BCUT2D eigenvalue weighted by Gasteiger charge is 2.11. The Kier molecular flexibility index (Phi) is 5.10. The lowest BCUT2D eigenvalue weighted by Crippen LogP contribution is -2.11. The maximum atomic E-state index is 10.6. The summed E-state index contributed by atoms with van der Waals surface area (Å²) in [6.45, 7) is 8.89. The number of carbonyl (C=O) groups is 1. The fourth-order valence-electron chi connectivity index (χ4n) is 1.42. The Hall–Kier alpha value is -1.84. The van der Waals surface area contributed by atoms with Gasteiger partial charge in [0.1, 0.15) is 11.4 Å². The van der Waals surface area contributed by atoms with Crippen LogP contribution >= 0.6 is 0 Å². The second-order valence-corrected chi connectivity index (χ2v) is 5.67. The summed E-state index contributed by atoms with van der Waals surface area (Å²) >= 11 is 0. The number of hydrogen-bond acceptors (Lipinski definition) is 3. The number of pyridine rings is 1. The van der Waals surface area contributed by atoms with Crippen LogP contribution in [-0.2, 0) is 4.79 Å². The lowest BCUT2D eigenvalue weighted by Gasteiger charge is -2.18. The van der Waals surface area contributed by atoms with Crippen molar-refractivity contribution in [3.63, 3.8) is 0 Å². The third-order valence-corrected chi connectivity index (χ3v) is 2.52. The highest BCUT2D eigenvalue weighted by atomic mass is 16.5. The molecule has 1 rings (SSSR count). The molecule has 19 heavy (non-hydrogen) atoms. The van der Waals surface area contributed by atoms with Crippen LogP contribution in [0.3, 0.4) is 0 Å². The summed E-state index contributed by atoms with van der Waals surface area (Å²) in [5, 5.41) is 8.66. The molecule has 0 aliphatic carbocycles. The molecule has 0 saturated heterocycles. The van der Waals surface area contributed by atoms with Gasteiger partial charge in [0.25, 0.3) is 0 Å². The molecular weight excluding hydrogens is 242 g/mol. The largest absolute Gasteiger partial charge is 0.491 e. The number of carboxylic acid groups (broad SMARTS) is 1. The van der Waals surface area contributed by atoms with E-state index in [-0.39, 0.29) is 5.41 Å². The number of ether oxygens (including phenoxy) is 1. The van der Waals surface area contributed by atoms with Crippen LogP contribution in [0.4, 0.5) is 0 Å². The zero-order chi connectivity index (χ0) is 14.5. The van der Waals surface area contributed by atoms with Crippen LogP contribution in [0.2, 0.25) is 0 Å². The Morgan fingerprint density at radius 2 is 2.11 bits per heavy atom. The number of aromatic nitrogens is 1. The van der Waals surface area contributed by atoms with Crippen LogP contribution in [0, 0.1) is 12.3 Å². The molecule has 0 fully saturated rings. The third kappa shape index (κ3) is 6.04. The first-order valence-corrected chi connectivity index (χ1v) is 6.29. The van der Waals surface area contributed by atoms with Crippen molar-refractivity contribution in [3.8, 4) is 5.75 Å². The predicted molar refractivity (Wildman–Crippen MR) is 75.2 cm³/mol. The molecule has 0 aliphatic rings. The van der Waals surface area contributed by atoms with Crippen LogP contribution < -0.4 is 4.74 Å². The number of rotatable bonds is 5. The molecule has 1 aromatic heterocycles. The summed E-state index contributed by atoms with van der Waals surface area (Å²) in [5.74, 6) is -0.378. The van der Waals surface area contributed by atoms with E-state index >= 15 is 0 Å². The Balaban J connectivity index is 2.79. The molecule has 0 aromatic carbocycles. The van der Waals surface area contributed by atoms with Gasteiger partial charge in [0.15, 0.2) is 0 Å². The number of hydrogen-bond donors (Lipinski definition) is 1. The molecule has 1 N–H and O–H groups in total. The summed E-state index contributed by atoms with van der Waals surface area (Å²) < 4.78 is 5.69. The first-order valence-electron chi connectivity index (χ1n) is 6.29. The molecule has 0 saturated carbocycles. The first-order chi connectivity index (χ1) is 8.78. The molecule has 0 radical (unpaired) electrons. The number of aliphatic carboxylic acids is 1. The third-order valence-electron chi connectivity index (χ3n) is 2.52. The van der Waals surface area contributed by atoms with Crippen molar-refractivity contribution < 1.29 is 14.6 Å². The van der Waals surface area contributed by atoms with Crippen molar-refractivity contribution in [3.05, 3.63) is 29.6 Å². The maximum absolute atomic E-state index is 10.6. The van der Waals surface area contributed by atoms with Crippen LogP contribution in [0.5, 0.6) is 5.75 Å². The van der Waals surface area contributed by atoms with Gasteiger partial charge in [-0.1, -0.05) is 20.8 Å². The molecule has 0 spiro atoms. The number of aryl methyl sites for hydroxylation is 1. The van der Waals surface area contributed by atoms with Crippen molar-refractivity contribution in [2.45, 2.75) is 34.1 Å². The molecule has 0 bridgehead atoms. The highest BCUT2D eigenvalue weighted by Crippen LogP contribution is 2.22. The minimum absolute atomic E-state index is 0.204. The smallest absolute Gasteiger partial charge is 0.328 e. The molecule has 4 heteroatoms. The van der Waals surface area contributed by atoms with E-state index in [4.69, 9.17) is 9.84 Å². The van der Waals surface area contributed by atoms with E-state index in [1.807, 2.05) is 19.1 Å². The second kappa shape index (κ2) is 6.36. The maximum Gasteiger partial charge on any atom is 0.328 e. The Morgan fingerprint density at radius 1 is 1.42 bits per heavy atom. The van der Waals surface area contributed by atoms with Gasteiger partial charge >= 0.3 is 5.97 Å². The van der Waals surface area contributed by atoms with Gasteiger partial charge in [-0.15, -0.1) is 0 Å². The molecule has 0 amide bonds. The van der Waals surface area contributed by atoms with Crippen molar-refractivity contribution in [1.82, 2.24) is 4.98 Å². The van der Waals surface area contributed by atoms with Gasteiger partial charge in [0.2, 0.25) is 0 Å². The van der Waals surface area contributed by atoms with Crippen molar-refractivity contribution in [2.75, 3.05) is 6.61 Å². The van der Waals surface area contributed by atoms with E-state index in [0.717, 1.165) is 18.2 Å². The molecule has 0 aliphatic heterocycles. The molecule has 0 atom stereocenters. The highest BCUT2D eigenvalue weighted by molar-refractivity contribution is 5.85. The molecular formula is C15H21NO3. The van der Waals surface area contributed by atoms with Gasteiger partial charge in [0.05, 0.1) is 6.61 Å². The van der Waals surface area contributed by atoms with Gasteiger partial charge in [-0.2, -0.15) is 0 Å². The van der Waals surface area contributed by atoms with Crippen LogP contribution in [0.25, 0.3) is 6.08 Å². The number of carboxylic acids is 1. The lowest BCUT2D eigenvalue weighted by molar-refractivity contribution is -0.131. The minimum Gasteiger partial charge on any atom is -0.491 e. The SMILES string of the molecule is Cc1ccc(OCCC(C)(C)C)c(C=CC(=O)O)n1. The predicted octanol–water partition coefficient (Wildman–Crippen LogP) is 3.30. The molecule has 1 heterocycles. The van der Waals surface area contributed by atoms with Crippen LogP contribution in [0.15, 0.2) is 18.2 Å². The fourth-order valence-corrected chi connectivity index (χ4v) is 1.42. The normalized spacial score (nSPS) is 11.8. The minimum atomic E-state index is -0.996. The standard InChI is InChI=1S/C15H21NO3/c1-11-5-7-13(19-10-9-15(2,3)4)12(16-11)6-8-14(17)18/h5-8H,9-10H2,1-4H3,(H,17,18). The summed E-state index contributed by atoms with van der Waals surface area (Å²) in [4.78, 5) is 14.8. The zero-order valence-electron chi connectivity index (χ0n) is 11.9. The van der Waals surface area contributed by atoms with E-state index in [0.29, 0.717) is 18.1 Å². The van der Waals surface area contributed by atoms with Gasteiger partial charge in [-0.25, -0.2) is 9.78 Å². The van der Waals surface area contributed by atoms with Crippen LogP contribution in [0.1, 0.15) is 38.6 Å². The first kappa shape index (κ1) is 15.2. The quantitative estimate of drug-likeness (QED) is 0.828. The van der Waals surface area contributed by atoms with Crippen LogP contribution in [-0.4, -0.2) is 22.7 Å². The average molecular weight is 263 g/mol. The van der Waals surface area contributed by atoms with Gasteiger partial charge in [0, 0.05) is 11.8 Å². The van der Waals surface area contributed by atoms with E-state index in [1.165, 1.54) is 6.08 Å².